The number of rotatable bonds is 8. The number of hydrogen-bond donors (Lipinski definition) is 4. The van der Waals surface area contributed by atoms with Gasteiger partial charge in [-0.05, 0) is 85.7 Å². The normalized spacial score (nSPS) is 25.1. The van der Waals surface area contributed by atoms with E-state index in [1.807, 2.05) is 13.0 Å². The summed E-state index contributed by atoms with van der Waals surface area (Å²) in [6.45, 7) is 5.98. The minimum absolute atomic E-state index is 0.126. The molecule has 11 heteroatoms. The van der Waals surface area contributed by atoms with Crippen molar-refractivity contribution in [3.8, 4) is 0 Å². The zero-order valence-corrected chi connectivity index (χ0v) is 23.0. The van der Waals surface area contributed by atoms with Crippen molar-refractivity contribution >= 4 is 43.3 Å². The van der Waals surface area contributed by atoms with Crippen LogP contribution in [0.4, 0.5) is 5.69 Å². The summed E-state index contributed by atoms with van der Waals surface area (Å²) in [5.41, 5.74) is 3.68. The van der Waals surface area contributed by atoms with Crippen LogP contribution in [0.2, 0.25) is 6.32 Å². The average molecular weight is 547 g/mol. The van der Waals surface area contributed by atoms with Gasteiger partial charge < -0.3 is 29.3 Å². The Hall–Kier alpha value is -2.95. The number of carbonyl (C=O) groups is 2. The maximum Gasteiger partial charge on any atom is 0.488 e. The van der Waals surface area contributed by atoms with Gasteiger partial charge >= 0.3 is 14.2 Å². The van der Waals surface area contributed by atoms with Crippen molar-refractivity contribution in [2.75, 3.05) is 4.90 Å². The number of carbonyl (C=O) groups excluding carboxylic acids is 2. The van der Waals surface area contributed by atoms with Crippen LogP contribution in [-0.2, 0) is 20.9 Å². The van der Waals surface area contributed by atoms with E-state index in [4.69, 9.17) is 9.07 Å². The molecule has 1 aliphatic carbocycles. The third-order valence-corrected chi connectivity index (χ3v) is 8.40. The molecule has 0 saturated carbocycles. The van der Waals surface area contributed by atoms with E-state index in [9.17, 15) is 29.8 Å². The van der Waals surface area contributed by atoms with Gasteiger partial charge in [0.25, 0.3) is 0 Å². The topological polar surface area (TPSA) is 141 Å². The maximum atomic E-state index is 13.9. The van der Waals surface area contributed by atoms with Crippen molar-refractivity contribution < 1.29 is 38.8 Å². The molecule has 4 N–H and O–H groups in total. The predicted molar refractivity (Wildman–Crippen MR) is 151 cm³/mol. The largest absolute Gasteiger partial charge is 0.488 e. The second kappa shape index (κ2) is 11.5. The van der Waals surface area contributed by atoms with Gasteiger partial charge in [0.05, 0.1) is 23.6 Å². The highest BCUT2D eigenvalue weighted by Crippen LogP contribution is 2.52. The van der Waals surface area contributed by atoms with E-state index in [-0.39, 0.29) is 42.0 Å². The molecule has 1 aromatic carbocycles. The van der Waals surface area contributed by atoms with Crippen molar-refractivity contribution in [2.45, 2.75) is 59.1 Å². The second-order valence-electron chi connectivity index (χ2n) is 11.4. The number of hydrogen-bond acceptors (Lipinski definition) is 8. The highest BCUT2D eigenvalue weighted by Gasteiger charge is 2.57. The fourth-order valence-electron chi connectivity index (χ4n) is 6.56. The molecule has 9 nitrogen and oxygen atoms in total. The molecule has 2 amide bonds. The van der Waals surface area contributed by atoms with Gasteiger partial charge in [-0.2, -0.15) is 0 Å². The Morgan fingerprint density at radius 2 is 1.95 bits per heavy atom. The van der Waals surface area contributed by atoms with E-state index in [1.54, 1.807) is 24.3 Å². The molecular weight excluding hydrogens is 512 g/mol. The number of imide groups is 1. The molecule has 3 heterocycles. The van der Waals surface area contributed by atoms with Gasteiger partial charge in [-0.1, -0.05) is 37.1 Å². The van der Waals surface area contributed by atoms with Crippen molar-refractivity contribution in [1.29, 1.82) is 0 Å². The quantitative estimate of drug-likeness (QED) is 0.224. The van der Waals surface area contributed by atoms with Crippen molar-refractivity contribution in [3.63, 3.8) is 0 Å². The number of nitrogens with zero attached hydrogens (tertiary/aromatic N) is 1. The lowest BCUT2D eigenvalue weighted by molar-refractivity contribution is -0.122. The lowest BCUT2D eigenvalue weighted by atomic mass is 9.57. The van der Waals surface area contributed by atoms with Crippen LogP contribution in [0.15, 0.2) is 57.5 Å². The molecule has 2 aromatic rings. The predicted octanol–water partition coefficient (Wildman–Crippen LogP) is 2.29. The minimum atomic E-state index is -1.72. The first-order valence-corrected chi connectivity index (χ1v) is 13.9. The Bertz CT molecular complexity index is 1350. The summed E-state index contributed by atoms with van der Waals surface area (Å²) in [7, 11) is -2.78. The fraction of sp³-hybridized carbons (Fsp3) is 0.448. The van der Waals surface area contributed by atoms with Gasteiger partial charge in [0.2, 0.25) is 11.8 Å². The Morgan fingerprint density at radius 3 is 2.62 bits per heavy atom. The molecule has 2 aliphatic heterocycles. The first kappa shape index (κ1) is 28.6. The SMILES string of the molecule is C/C(=C\c1ccc(CO)o1)CC[C@H]1OB(O)C[C@H]2C1=C(C(C)C)C[C@H]1C(=O)N(c3cccc(B(O)O)c3)C(=O)[C@H]12. The standard InChI is InChI=1S/C29H35B2NO8/c1-16(2)22-13-23-27(29(35)32(28(23)34)19-6-4-5-18(12-19)31(37)38)24-14-30(36)40-25(26(22)24)10-7-17(3)11-20-8-9-21(15-33)39-20/h4-6,8-9,11-12,16,23-25,27,33,36-38H,7,10,13-15H2,1-3H3/b17-11+/t23-,24+,25-,27-/m1/s1. The summed E-state index contributed by atoms with van der Waals surface area (Å²) in [5, 5.41) is 39.3. The van der Waals surface area contributed by atoms with Crippen LogP contribution in [0, 0.1) is 23.7 Å². The number of allylic oxidation sites excluding steroid dienone is 2. The first-order chi connectivity index (χ1) is 19.1. The van der Waals surface area contributed by atoms with E-state index in [1.165, 1.54) is 17.0 Å². The Labute approximate surface area is 234 Å². The van der Waals surface area contributed by atoms with Crippen LogP contribution in [0.25, 0.3) is 6.08 Å². The van der Waals surface area contributed by atoms with E-state index in [0.29, 0.717) is 36.5 Å². The summed E-state index contributed by atoms with van der Waals surface area (Å²) in [4.78, 5) is 28.7. The maximum absolute atomic E-state index is 13.9. The molecule has 0 radical (unpaired) electrons. The monoisotopic (exact) mass is 547 g/mol. The number of amides is 2. The van der Waals surface area contributed by atoms with Crippen LogP contribution in [0.3, 0.4) is 0 Å². The van der Waals surface area contributed by atoms with E-state index < -0.39 is 32.2 Å². The lowest BCUT2D eigenvalue weighted by Gasteiger charge is -2.44. The Balaban J connectivity index is 1.43. The number of benzene rings is 1. The molecular formula is C29H35B2NO8. The van der Waals surface area contributed by atoms with Crippen LogP contribution < -0.4 is 10.4 Å². The van der Waals surface area contributed by atoms with E-state index in [2.05, 4.69) is 13.8 Å². The van der Waals surface area contributed by atoms with E-state index >= 15 is 0 Å². The van der Waals surface area contributed by atoms with Crippen LogP contribution in [0.5, 0.6) is 0 Å². The van der Waals surface area contributed by atoms with Gasteiger partial charge in [0.15, 0.2) is 0 Å². The molecule has 4 atom stereocenters. The van der Waals surface area contributed by atoms with Crippen LogP contribution >= 0.6 is 0 Å². The first-order valence-electron chi connectivity index (χ1n) is 13.9. The molecule has 40 heavy (non-hydrogen) atoms. The lowest BCUT2D eigenvalue weighted by Crippen LogP contribution is -2.46. The smallest absolute Gasteiger partial charge is 0.459 e. The van der Waals surface area contributed by atoms with Gasteiger partial charge in [-0.25, -0.2) is 0 Å². The minimum Gasteiger partial charge on any atom is -0.459 e. The van der Waals surface area contributed by atoms with Gasteiger partial charge in [-0.15, -0.1) is 0 Å². The summed E-state index contributed by atoms with van der Waals surface area (Å²) < 4.78 is 11.6. The third kappa shape index (κ3) is 5.36. The summed E-state index contributed by atoms with van der Waals surface area (Å²) >= 11 is 0. The molecule has 5 rings (SSSR count). The van der Waals surface area contributed by atoms with Crippen molar-refractivity contribution in [1.82, 2.24) is 0 Å². The molecule has 1 aromatic heterocycles. The van der Waals surface area contributed by atoms with Crippen LogP contribution in [0.1, 0.15) is 51.6 Å². The number of fused-ring (bicyclic) bond motifs is 3. The molecule has 0 unspecified atom stereocenters. The number of anilines is 1. The summed E-state index contributed by atoms with van der Waals surface area (Å²) in [6, 6.07) is 9.72. The number of aliphatic hydroxyl groups excluding tert-OH is 1. The summed E-state index contributed by atoms with van der Waals surface area (Å²) in [6.07, 6.45) is 3.45. The van der Waals surface area contributed by atoms with Crippen LogP contribution in [-0.4, -0.2) is 52.3 Å². The molecule has 3 aliphatic rings. The molecule has 210 valence electrons. The van der Waals surface area contributed by atoms with Gasteiger partial charge in [-0.3, -0.25) is 14.5 Å². The van der Waals surface area contributed by atoms with Gasteiger partial charge in [0, 0.05) is 0 Å². The van der Waals surface area contributed by atoms with Crippen molar-refractivity contribution in [3.05, 3.63) is 64.6 Å². The summed E-state index contributed by atoms with van der Waals surface area (Å²) in [5.74, 6) is -0.854. The highest BCUT2D eigenvalue weighted by atomic mass is 16.5. The molecule has 2 saturated heterocycles. The molecule has 0 spiro atoms. The fourth-order valence-corrected chi connectivity index (χ4v) is 6.56. The average Bonchev–Trinajstić information content (AvgIpc) is 3.47. The van der Waals surface area contributed by atoms with Crippen molar-refractivity contribution in [2.24, 2.45) is 23.7 Å². The Morgan fingerprint density at radius 1 is 1.18 bits per heavy atom. The Kier molecular flexibility index (Phi) is 8.22. The molecule has 0 bridgehead atoms. The molecule has 2 fully saturated rings. The second-order valence-corrected chi connectivity index (χ2v) is 11.4. The highest BCUT2D eigenvalue weighted by molar-refractivity contribution is 6.58. The van der Waals surface area contributed by atoms with E-state index in [0.717, 1.165) is 16.7 Å². The zero-order chi connectivity index (χ0) is 28.7. The zero-order valence-electron chi connectivity index (χ0n) is 23.0. The van der Waals surface area contributed by atoms with Gasteiger partial charge in [0.1, 0.15) is 18.1 Å². The number of aliphatic hydroxyl groups is 1. The number of furan rings is 1. The third-order valence-electron chi connectivity index (χ3n) is 8.40.